The molecule has 1 fully saturated rings. The zero-order valence-electron chi connectivity index (χ0n) is 13.9. The Morgan fingerprint density at radius 2 is 1.95 bits per heavy atom. The number of methoxy groups -OCH3 is 1. The van der Waals surface area contributed by atoms with Crippen LogP contribution in [0.2, 0.25) is 0 Å². The maximum Gasteiger partial charge on any atom is 0.118 e. The molecule has 1 aliphatic heterocycles. The summed E-state index contributed by atoms with van der Waals surface area (Å²) >= 11 is 0. The second kappa shape index (κ2) is 7.81. The average molecular weight is 290 g/mol. The Labute approximate surface area is 129 Å². The zero-order valence-corrected chi connectivity index (χ0v) is 13.9. The topological polar surface area (TPSA) is 24.5 Å². The van der Waals surface area contributed by atoms with Gasteiger partial charge in [-0.15, -0.1) is 0 Å². The Kier molecular flexibility index (Phi) is 6.07. The molecule has 21 heavy (non-hydrogen) atoms. The van der Waals surface area contributed by atoms with E-state index in [2.05, 4.69) is 55.3 Å². The number of benzene rings is 1. The van der Waals surface area contributed by atoms with Crippen molar-refractivity contribution < 1.29 is 4.74 Å². The third-order valence-corrected chi connectivity index (χ3v) is 5.01. The van der Waals surface area contributed by atoms with E-state index in [9.17, 15) is 0 Å². The Morgan fingerprint density at radius 1 is 1.24 bits per heavy atom. The number of likely N-dealkylation sites (tertiary alicyclic amines) is 1. The molecule has 3 unspecified atom stereocenters. The fraction of sp³-hybridized carbons (Fsp3) is 0.667. The first-order chi connectivity index (χ1) is 10.2. The summed E-state index contributed by atoms with van der Waals surface area (Å²) < 4.78 is 5.21. The molecule has 1 heterocycles. The monoisotopic (exact) mass is 290 g/mol. The predicted octanol–water partition coefficient (Wildman–Crippen LogP) is 2.95. The van der Waals surface area contributed by atoms with Crippen molar-refractivity contribution in [2.24, 2.45) is 5.92 Å². The number of nitrogens with one attached hydrogen (secondary N) is 1. The van der Waals surface area contributed by atoms with Crippen molar-refractivity contribution in [1.29, 1.82) is 0 Å². The largest absolute Gasteiger partial charge is 0.497 e. The number of hydrogen-bond donors (Lipinski definition) is 1. The molecule has 0 radical (unpaired) electrons. The van der Waals surface area contributed by atoms with E-state index < -0.39 is 0 Å². The van der Waals surface area contributed by atoms with Gasteiger partial charge in [0, 0.05) is 18.6 Å². The van der Waals surface area contributed by atoms with Gasteiger partial charge in [-0.3, -0.25) is 4.90 Å². The molecule has 0 aromatic heterocycles. The summed E-state index contributed by atoms with van der Waals surface area (Å²) in [5.41, 5.74) is 1.39. The van der Waals surface area contributed by atoms with E-state index >= 15 is 0 Å². The van der Waals surface area contributed by atoms with Crippen LogP contribution in [0.3, 0.4) is 0 Å². The molecule has 1 aromatic rings. The van der Waals surface area contributed by atoms with Crippen LogP contribution in [-0.4, -0.2) is 43.7 Å². The van der Waals surface area contributed by atoms with Gasteiger partial charge in [0.25, 0.3) is 0 Å². The lowest BCUT2D eigenvalue weighted by Crippen LogP contribution is -2.53. The first-order valence-electron chi connectivity index (χ1n) is 8.26. The molecule has 0 spiro atoms. The smallest absolute Gasteiger partial charge is 0.118 e. The Hall–Kier alpha value is -1.06. The van der Waals surface area contributed by atoms with Crippen LogP contribution >= 0.6 is 0 Å². The first kappa shape index (κ1) is 16.3. The summed E-state index contributed by atoms with van der Waals surface area (Å²) in [4.78, 5) is 2.64. The van der Waals surface area contributed by atoms with Crippen LogP contribution < -0.4 is 10.1 Å². The number of piperidine rings is 1. The highest BCUT2D eigenvalue weighted by Crippen LogP contribution is 2.24. The fourth-order valence-corrected chi connectivity index (χ4v) is 3.37. The molecule has 1 N–H and O–H groups in total. The second-order valence-corrected chi connectivity index (χ2v) is 6.19. The quantitative estimate of drug-likeness (QED) is 0.872. The molecule has 3 nitrogen and oxygen atoms in total. The van der Waals surface area contributed by atoms with Gasteiger partial charge in [0.2, 0.25) is 0 Å². The summed E-state index contributed by atoms with van der Waals surface area (Å²) in [6, 6.07) is 9.80. The second-order valence-electron chi connectivity index (χ2n) is 6.19. The molecular formula is C18H30N2O. The van der Waals surface area contributed by atoms with Crippen LogP contribution in [-0.2, 0) is 6.42 Å². The summed E-state index contributed by atoms with van der Waals surface area (Å²) in [7, 11) is 1.71. The molecule has 0 aliphatic carbocycles. The van der Waals surface area contributed by atoms with Crippen molar-refractivity contribution in [3.63, 3.8) is 0 Å². The minimum absolute atomic E-state index is 0.654. The van der Waals surface area contributed by atoms with Gasteiger partial charge < -0.3 is 10.1 Å². The molecule has 3 atom stereocenters. The predicted molar refractivity (Wildman–Crippen MR) is 89.0 cm³/mol. The lowest BCUT2D eigenvalue weighted by Gasteiger charge is -2.43. The van der Waals surface area contributed by atoms with E-state index in [-0.39, 0.29) is 0 Å². The standard InChI is InChI=1S/C18H30N2O/c1-5-19-18-11-13-20(15(3)14(18)2)12-10-16-6-8-17(21-4)9-7-16/h6-9,14-15,18-19H,5,10-13H2,1-4H3. The molecule has 118 valence electrons. The van der Waals surface area contributed by atoms with Gasteiger partial charge in [0.1, 0.15) is 5.75 Å². The van der Waals surface area contributed by atoms with Gasteiger partial charge in [-0.25, -0.2) is 0 Å². The SMILES string of the molecule is CCNC1CCN(CCc2ccc(OC)cc2)C(C)C1C. The fourth-order valence-electron chi connectivity index (χ4n) is 3.37. The molecule has 1 aliphatic rings. The summed E-state index contributed by atoms with van der Waals surface area (Å²) in [5, 5.41) is 3.63. The van der Waals surface area contributed by atoms with Gasteiger partial charge in [-0.05, 0) is 56.5 Å². The van der Waals surface area contributed by atoms with Gasteiger partial charge in [0.15, 0.2) is 0 Å². The van der Waals surface area contributed by atoms with E-state index in [1.165, 1.54) is 18.5 Å². The zero-order chi connectivity index (χ0) is 15.2. The molecule has 2 rings (SSSR count). The van der Waals surface area contributed by atoms with Crippen LogP contribution in [0, 0.1) is 5.92 Å². The Morgan fingerprint density at radius 3 is 2.57 bits per heavy atom. The maximum atomic E-state index is 5.21. The normalized spacial score (nSPS) is 26.8. The Bertz CT molecular complexity index is 418. The molecule has 0 amide bonds. The van der Waals surface area contributed by atoms with Crippen molar-refractivity contribution in [2.45, 2.75) is 45.7 Å². The van der Waals surface area contributed by atoms with Gasteiger partial charge in [-0.1, -0.05) is 26.0 Å². The number of nitrogens with zero attached hydrogens (tertiary/aromatic N) is 1. The highest BCUT2D eigenvalue weighted by molar-refractivity contribution is 5.27. The van der Waals surface area contributed by atoms with E-state index in [1.54, 1.807) is 7.11 Å². The van der Waals surface area contributed by atoms with E-state index in [4.69, 9.17) is 4.74 Å². The van der Waals surface area contributed by atoms with Gasteiger partial charge in [-0.2, -0.15) is 0 Å². The van der Waals surface area contributed by atoms with Crippen molar-refractivity contribution >= 4 is 0 Å². The van der Waals surface area contributed by atoms with Gasteiger partial charge in [0.05, 0.1) is 7.11 Å². The van der Waals surface area contributed by atoms with E-state index in [1.807, 2.05) is 0 Å². The van der Waals surface area contributed by atoms with Crippen LogP contribution in [0.1, 0.15) is 32.8 Å². The molecule has 0 bridgehead atoms. The minimum Gasteiger partial charge on any atom is -0.497 e. The molecule has 1 aromatic carbocycles. The lowest BCUT2D eigenvalue weighted by atomic mass is 9.86. The van der Waals surface area contributed by atoms with Crippen LogP contribution in [0.15, 0.2) is 24.3 Å². The lowest BCUT2D eigenvalue weighted by molar-refractivity contribution is 0.0867. The van der Waals surface area contributed by atoms with Crippen LogP contribution in [0.5, 0.6) is 5.75 Å². The summed E-state index contributed by atoms with van der Waals surface area (Å²) in [6.07, 6.45) is 2.38. The third kappa shape index (κ3) is 4.21. The molecule has 0 saturated carbocycles. The van der Waals surface area contributed by atoms with Crippen molar-refractivity contribution in [2.75, 3.05) is 26.7 Å². The molecule has 3 heteroatoms. The first-order valence-corrected chi connectivity index (χ1v) is 8.26. The highest BCUT2D eigenvalue weighted by Gasteiger charge is 2.31. The van der Waals surface area contributed by atoms with Crippen molar-refractivity contribution in [1.82, 2.24) is 10.2 Å². The average Bonchev–Trinajstić information content (AvgIpc) is 2.52. The summed E-state index contributed by atoms with van der Waals surface area (Å²) in [5.74, 6) is 1.65. The van der Waals surface area contributed by atoms with Crippen molar-refractivity contribution in [3.8, 4) is 5.75 Å². The van der Waals surface area contributed by atoms with Crippen LogP contribution in [0.25, 0.3) is 0 Å². The van der Waals surface area contributed by atoms with E-state index in [0.717, 1.165) is 31.2 Å². The number of rotatable bonds is 6. The van der Waals surface area contributed by atoms with Crippen molar-refractivity contribution in [3.05, 3.63) is 29.8 Å². The molecular weight excluding hydrogens is 260 g/mol. The highest BCUT2D eigenvalue weighted by atomic mass is 16.5. The maximum absolute atomic E-state index is 5.21. The third-order valence-electron chi connectivity index (χ3n) is 5.01. The number of hydrogen-bond acceptors (Lipinski definition) is 3. The van der Waals surface area contributed by atoms with Gasteiger partial charge >= 0.3 is 0 Å². The number of ether oxygens (including phenoxy) is 1. The summed E-state index contributed by atoms with van der Waals surface area (Å²) in [6.45, 7) is 10.4. The van der Waals surface area contributed by atoms with E-state index in [0.29, 0.717) is 12.1 Å². The van der Waals surface area contributed by atoms with Crippen LogP contribution in [0.4, 0.5) is 0 Å². The minimum atomic E-state index is 0.654. The Balaban J connectivity index is 1.85. The molecule has 1 saturated heterocycles.